The predicted molar refractivity (Wildman–Crippen MR) is 103 cm³/mol. The first-order valence-electron chi connectivity index (χ1n) is 8.29. The van der Waals surface area contributed by atoms with Crippen LogP contribution in [0.2, 0.25) is 5.02 Å². The van der Waals surface area contributed by atoms with E-state index < -0.39 is 6.04 Å². The molecule has 0 fully saturated rings. The Kier molecular flexibility index (Phi) is 5.54. The number of halogens is 1. The molecule has 0 unspecified atom stereocenters. The zero-order chi connectivity index (χ0) is 18.5. The zero-order valence-corrected chi connectivity index (χ0v) is 15.4. The van der Waals surface area contributed by atoms with E-state index in [2.05, 4.69) is 5.32 Å². The first kappa shape index (κ1) is 18.0. The number of pyridine rings is 1. The van der Waals surface area contributed by atoms with Gasteiger partial charge < -0.3 is 10.1 Å². The van der Waals surface area contributed by atoms with Gasteiger partial charge in [-0.05, 0) is 29.8 Å². The molecule has 0 saturated heterocycles. The fourth-order valence-corrected chi connectivity index (χ4v) is 2.86. The van der Waals surface area contributed by atoms with Crippen molar-refractivity contribution < 1.29 is 14.1 Å². The number of carbonyl (C=O) groups excluding carboxylic acids is 1. The maximum absolute atomic E-state index is 12.7. The highest BCUT2D eigenvalue weighted by atomic mass is 35.5. The summed E-state index contributed by atoms with van der Waals surface area (Å²) in [5.74, 6) is 0.416. The monoisotopic (exact) mass is 367 g/mol. The molecule has 0 aliphatic heterocycles. The quantitative estimate of drug-likeness (QED) is 0.674. The highest BCUT2D eigenvalue weighted by Gasteiger charge is 2.23. The smallest absolute Gasteiger partial charge is 0.293 e. The molecular weight excluding hydrogens is 348 g/mol. The second-order valence-corrected chi connectivity index (χ2v) is 6.35. The Morgan fingerprint density at radius 1 is 1.08 bits per heavy atom. The molecule has 1 N–H and O–H groups in total. The van der Waals surface area contributed by atoms with Crippen molar-refractivity contribution >= 4 is 23.2 Å². The number of anilines is 1. The van der Waals surface area contributed by atoms with Crippen molar-refractivity contribution in [2.45, 2.75) is 13.0 Å². The van der Waals surface area contributed by atoms with Crippen molar-refractivity contribution in [3.63, 3.8) is 0 Å². The Morgan fingerprint density at radius 2 is 1.81 bits per heavy atom. The molecule has 1 amide bonds. The predicted octanol–water partition coefficient (Wildman–Crippen LogP) is 4.50. The molecule has 5 heteroatoms. The summed E-state index contributed by atoms with van der Waals surface area (Å²) in [5.41, 5.74) is 2.70. The Bertz CT molecular complexity index is 913. The SMILES string of the molecule is COc1ccc(Cl)cc1NC(=O)[C@@H](C)[n+]1cccc(-c2ccccc2)c1. The lowest BCUT2D eigenvalue weighted by atomic mass is 10.1. The van der Waals surface area contributed by atoms with Crippen LogP contribution in [0.5, 0.6) is 5.75 Å². The van der Waals surface area contributed by atoms with Gasteiger partial charge >= 0.3 is 0 Å². The second kappa shape index (κ2) is 8.02. The molecule has 2 aromatic carbocycles. The summed E-state index contributed by atoms with van der Waals surface area (Å²) in [6.45, 7) is 1.85. The third-order valence-corrected chi connectivity index (χ3v) is 4.41. The van der Waals surface area contributed by atoms with E-state index in [-0.39, 0.29) is 5.91 Å². The van der Waals surface area contributed by atoms with Crippen LogP contribution in [0, 0.1) is 0 Å². The maximum Gasteiger partial charge on any atom is 0.293 e. The molecule has 3 rings (SSSR count). The van der Waals surface area contributed by atoms with Crippen LogP contribution in [0.1, 0.15) is 13.0 Å². The first-order chi connectivity index (χ1) is 12.6. The highest BCUT2D eigenvalue weighted by molar-refractivity contribution is 6.31. The third kappa shape index (κ3) is 4.03. The van der Waals surface area contributed by atoms with Crippen LogP contribution < -0.4 is 14.6 Å². The van der Waals surface area contributed by atoms with Gasteiger partial charge in [0.2, 0.25) is 6.04 Å². The number of amides is 1. The topological polar surface area (TPSA) is 42.2 Å². The van der Waals surface area contributed by atoms with Gasteiger partial charge in [-0.25, -0.2) is 0 Å². The van der Waals surface area contributed by atoms with Crippen LogP contribution in [0.25, 0.3) is 11.1 Å². The molecule has 1 atom stereocenters. The summed E-state index contributed by atoms with van der Waals surface area (Å²) < 4.78 is 7.17. The van der Waals surface area contributed by atoms with Crippen molar-refractivity contribution in [1.29, 1.82) is 0 Å². The van der Waals surface area contributed by atoms with Crippen LogP contribution in [-0.2, 0) is 4.79 Å². The summed E-state index contributed by atoms with van der Waals surface area (Å²) in [6, 6.07) is 18.7. The fourth-order valence-electron chi connectivity index (χ4n) is 2.69. The number of methoxy groups -OCH3 is 1. The number of nitrogens with one attached hydrogen (secondary N) is 1. The van der Waals surface area contributed by atoms with E-state index in [1.165, 1.54) is 0 Å². The van der Waals surface area contributed by atoms with Crippen LogP contribution in [0.4, 0.5) is 5.69 Å². The number of benzene rings is 2. The standard InChI is InChI=1S/C21H19ClN2O2/c1-15(21(25)23-19-13-18(22)10-11-20(19)26-2)24-12-6-9-17(14-24)16-7-4-3-5-8-16/h3-15H,1-2H3/p+1/t15-/m1/s1. The number of nitrogens with zero attached hydrogens (tertiary/aromatic N) is 1. The minimum Gasteiger partial charge on any atom is -0.495 e. The third-order valence-electron chi connectivity index (χ3n) is 4.18. The largest absolute Gasteiger partial charge is 0.495 e. The summed E-state index contributed by atoms with van der Waals surface area (Å²) in [5, 5.41) is 3.43. The van der Waals surface area contributed by atoms with Crippen molar-refractivity contribution in [3.05, 3.63) is 78.1 Å². The molecule has 0 aliphatic rings. The molecule has 1 aromatic heterocycles. The average Bonchev–Trinajstić information content (AvgIpc) is 2.68. The summed E-state index contributed by atoms with van der Waals surface area (Å²) in [4.78, 5) is 12.7. The van der Waals surface area contributed by atoms with Gasteiger partial charge in [-0.1, -0.05) is 41.9 Å². The highest BCUT2D eigenvalue weighted by Crippen LogP contribution is 2.28. The molecular formula is C21H20ClN2O2+. The fraction of sp³-hybridized carbons (Fsp3) is 0.143. The van der Waals surface area contributed by atoms with Crippen LogP contribution in [-0.4, -0.2) is 13.0 Å². The number of carbonyl (C=O) groups is 1. The Hall–Kier alpha value is -2.85. The number of rotatable bonds is 5. The van der Waals surface area contributed by atoms with Crippen molar-refractivity contribution in [2.24, 2.45) is 0 Å². The lowest BCUT2D eigenvalue weighted by molar-refractivity contribution is -0.705. The minimum atomic E-state index is -0.401. The molecule has 132 valence electrons. The number of hydrogen-bond acceptors (Lipinski definition) is 2. The summed E-state index contributed by atoms with van der Waals surface area (Å²) >= 11 is 6.03. The summed E-state index contributed by atoms with van der Waals surface area (Å²) in [7, 11) is 1.56. The second-order valence-electron chi connectivity index (χ2n) is 5.92. The Morgan fingerprint density at radius 3 is 2.54 bits per heavy atom. The van der Waals surface area contributed by atoms with Crippen molar-refractivity contribution in [2.75, 3.05) is 12.4 Å². The van der Waals surface area contributed by atoms with Gasteiger partial charge in [-0.3, -0.25) is 4.79 Å². The Balaban J connectivity index is 1.82. The van der Waals surface area contributed by atoms with E-state index in [9.17, 15) is 4.79 Å². The molecule has 3 aromatic rings. The van der Waals surface area contributed by atoms with Crippen molar-refractivity contribution in [3.8, 4) is 16.9 Å². The minimum absolute atomic E-state index is 0.152. The molecule has 0 saturated carbocycles. The van der Waals surface area contributed by atoms with Crippen LogP contribution in [0.15, 0.2) is 73.1 Å². The molecule has 26 heavy (non-hydrogen) atoms. The van der Waals surface area contributed by atoms with Gasteiger partial charge in [0, 0.05) is 23.6 Å². The number of ether oxygens (including phenoxy) is 1. The molecule has 0 radical (unpaired) electrons. The lowest BCUT2D eigenvalue weighted by Crippen LogP contribution is -2.44. The molecule has 0 spiro atoms. The van der Waals surface area contributed by atoms with Gasteiger partial charge in [-0.2, -0.15) is 4.57 Å². The van der Waals surface area contributed by atoms with Crippen LogP contribution in [0.3, 0.4) is 0 Å². The zero-order valence-electron chi connectivity index (χ0n) is 14.6. The van der Waals surface area contributed by atoms with Gasteiger partial charge in [0.05, 0.1) is 12.8 Å². The van der Waals surface area contributed by atoms with E-state index >= 15 is 0 Å². The molecule has 0 aliphatic carbocycles. The number of aromatic nitrogens is 1. The summed E-state index contributed by atoms with van der Waals surface area (Å²) in [6.07, 6.45) is 3.85. The van der Waals surface area contributed by atoms with E-state index in [0.29, 0.717) is 16.5 Å². The molecule has 1 heterocycles. The van der Waals surface area contributed by atoms with E-state index in [0.717, 1.165) is 11.1 Å². The molecule has 0 bridgehead atoms. The van der Waals surface area contributed by atoms with Crippen molar-refractivity contribution in [1.82, 2.24) is 0 Å². The molecule has 4 nitrogen and oxygen atoms in total. The normalized spacial score (nSPS) is 11.7. The maximum atomic E-state index is 12.7. The van der Waals surface area contributed by atoms with E-state index in [1.54, 1.807) is 25.3 Å². The number of hydrogen-bond donors (Lipinski definition) is 1. The Labute approximate surface area is 158 Å². The average molecular weight is 368 g/mol. The lowest BCUT2D eigenvalue weighted by Gasteiger charge is -2.12. The van der Waals surface area contributed by atoms with E-state index in [1.807, 2.05) is 66.3 Å². The van der Waals surface area contributed by atoms with Gasteiger partial charge in [0.1, 0.15) is 5.75 Å². The first-order valence-corrected chi connectivity index (χ1v) is 8.67. The van der Waals surface area contributed by atoms with Gasteiger partial charge in [0.25, 0.3) is 5.91 Å². The van der Waals surface area contributed by atoms with Gasteiger partial charge in [0.15, 0.2) is 12.4 Å². The van der Waals surface area contributed by atoms with Crippen LogP contribution >= 0.6 is 11.6 Å². The van der Waals surface area contributed by atoms with Gasteiger partial charge in [-0.15, -0.1) is 0 Å². The van der Waals surface area contributed by atoms with E-state index in [4.69, 9.17) is 16.3 Å².